The predicted molar refractivity (Wildman–Crippen MR) is 58.1 cm³/mol. The Labute approximate surface area is 92.6 Å². The molecule has 1 aliphatic rings. The Morgan fingerprint density at radius 2 is 2.33 bits per heavy atom. The maximum absolute atomic E-state index is 12.3. The number of aryl methyl sites for hydroxylation is 1. The molecule has 1 aliphatic heterocycles. The van der Waals surface area contributed by atoms with Crippen molar-refractivity contribution in [3.63, 3.8) is 0 Å². The van der Waals surface area contributed by atoms with Gasteiger partial charge in [0.05, 0.1) is 0 Å². The van der Waals surface area contributed by atoms with Gasteiger partial charge in [-0.1, -0.05) is 11.6 Å². The van der Waals surface area contributed by atoms with Gasteiger partial charge in [0.15, 0.2) is 6.67 Å². The van der Waals surface area contributed by atoms with Crippen molar-refractivity contribution in [1.29, 1.82) is 0 Å². The van der Waals surface area contributed by atoms with E-state index in [9.17, 15) is 9.18 Å². The Morgan fingerprint density at radius 1 is 1.53 bits per heavy atom. The summed E-state index contributed by atoms with van der Waals surface area (Å²) in [6, 6.07) is 5.35. The third-order valence-electron chi connectivity index (χ3n) is 2.58. The van der Waals surface area contributed by atoms with Crippen molar-refractivity contribution in [2.45, 2.75) is 12.8 Å². The molecular weight excluding hydrogens is 217 g/mol. The Morgan fingerprint density at radius 3 is 3.07 bits per heavy atom. The first kappa shape index (κ1) is 10.4. The van der Waals surface area contributed by atoms with Crippen molar-refractivity contribution in [2.75, 3.05) is 18.1 Å². The summed E-state index contributed by atoms with van der Waals surface area (Å²) >= 11 is 5.86. The Bertz CT molecular complexity index is 394. The number of rotatable bonds is 1. The number of fused-ring (bicyclic) bond motifs is 1. The summed E-state index contributed by atoms with van der Waals surface area (Å²) in [5, 5.41) is 0.656. The van der Waals surface area contributed by atoms with Crippen LogP contribution in [0.25, 0.3) is 0 Å². The number of carbonyl (C=O) groups excluding carboxylic acids is 1. The average molecular weight is 228 g/mol. The van der Waals surface area contributed by atoms with Crippen molar-refractivity contribution >= 4 is 23.2 Å². The summed E-state index contributed by atoms with van der Waals surface area (Å²) in [5.74, 6) is -0.474. The summed E-state index contributed by atoms with van der Waals surface area (Å²) in [6.45, 7) is -0.348. The molecule has 4 heteroatoms. The molecule has 80 valence electrons. The quantitative estimate of drug-likeness (QED) is 0.722. The molecule has 0 unspecified atom stereocenters. The Hall–Kier alpha value is -1.09. The topological polar surface area (TPSA) is 20.3 Å². The molecule has 0 aliphatic carbocycles. The van der Waals surface area contributed by atoms with E-state index >= 15 is 0 Å². The molecule has 1 aromatic rings. The van der Waals surface area contributed by atoms with Crippen molar-refractivity contribution in [1.82, 2.24) is 0 Å². The van der Waals surface area contributed by atoms with Gasteiger partial charge in [0.25, 0.3) is 5.91 Å². The van der Waals surface area contributed by atoms with E-state index in [1.54, 1.807) is 12.1 Å². The lowest BCUT2D eigenvalue weighted by atomic mass is 10.0. The maximum atomic E-state index is 12.3. The smallest absolute Gasteiger partial charge is 0.258 e. The summed E-state index contributed by atoms with van der Waals surface area (Å²) in [6.07, 6.45) is 1.76. The number of alkyl halides is 1. The highest BCUT2D eigenvalue weighted by molar-refractivity contribution is 6.30. The third kappa shape index (κ3) is 1.97. The van der Waals surface area contributed by atoms with Gasteiger partial charge in [-0.2, -0.15) is 0 Å². The van der Waals surface area contributed by atoms with E-state index in [1.807, 2.05) is 6.07 Å². The summed E-state index contributed by atoms with van der Waals surface area (Å²) in [7, 11) is 0. The molecule has 1 amide bonds. The van der Waals surface area contributed by atoms with Gasteiger partial charge in [-0.05, 0) is 36.6 Å². The van der Waals surface area contributed by atoms with E-state index < -0.39 is 12.6 Å². The fourth-order valence-electron chi connectivity index (χ4n) is 1.90. The van der Waals surface area contributed by atoms with Crippen LogP contribution in [0, 0.1) is 0 Å². The van der Waals surface area contributed by atoms with Crippen LogP contribution in [0.5, 0.6) is 0 Å². The minimum atomic E-state index is -0.942. The lowest BCUT2D eigenvalue weighted by Crippen LogP contribution is -2.36. The molecule has 0 bridgehead atoms. The number of amides is 1. The highest BCUT2D eigenvalue weighted by Crippen LogP contribution is 2.29. The van der Waals surface area contributed by atoms with Gasteiger partial charge in [0, 0.05) is 17.3 Å². The van der Waals surface area contributed by atoms with Gasteiger partial charge in [0.1, 0.15) is 0 Å². The van der Waals surface area contributed by atoms with E-state index in [-0.39, 0.29) is 0 Å². The normalized spacial score (nSPS) is 14.9. The van der Waals surface area contributed by atoms with Gasteiger partial charge in [-0.15, -0.1) is 0 Å². The summed E-state index contributed by atoms with van der Waals surface area (Å²) in [5.41, 5.74) is 1.82. The molecule has 0 saturated carbocycles. The maximum Gasteiger partial charge on any atom is 0.258 e. The lowest BCUT2D eigenvalue weighted by Gasteiger charge is -2.28. The first-order valence-corrected chi connectivity index (χ1v) is 5.25. The molecule has 0 N–H and O–H groups in total. The Kier molecular flexibility index (Phi) is 2.91. The highest BCUT2D eigenvalue weighted by Gasteiger charge is 2.21. The first-order chi connectivity index (χ1) is 7.22. The van der Waals surface area contributed by atoms with Crippen LogP contribution in [-0.2, 0) is 11.2 Å². The van der Waals surface area contributed by atoms with Gasteiger partial charge >= 0.3 is 0 Å². The lowest BCUT2D eigenvalue weighted by molar-refractivity contribution is -0.119. The molecule has 0 aromatic heterocycles. The van der Waals surface area contributed by atoms with Gasteiger partial charge in [-0.3, -0.25) is 4.79 Å². The van der Waals surface area contributed by atoms with Crippen LogP contribution in [0.1, 0.15) is 12.0 Å². The van der Waals surface area contributed by atoms with Gasteiger partial charge < -0.3 is 4.90 Å². The van der Waals surface area contributed by atoms with Crippen molar-refractivity contribution in [2.24, 2.45) is 0 Å². The average Bonchev–Trinajstić information content (AvgIpc) is 2.26. The van der Waals surface area contributed by atoms with Crippen LogP contribution >= 0.6 is 11.6 Å². The van der Waals surface area contributed by atoms with Crippen LogP contribution in [0.15, 0.2) is 18.2 Å². The molecule has 0 saturated heterocycles. The molecule has 1 aromatic carbocycles. The second-order valence-corrected chi connectivity index (χ2v) is 3.99. The SMILES string of the molecule is O=C(CF)N1CCCc2cc(Cl)ccc21. The van der Waals surface area contributed by atoms with E-state index in [0.717, 1.165) is 24.1 Å². The zero-order valence-corrected chi connectivity index (χ0v) is 8.93. The summed E-state index contributed by atoms with van der Waals surface area (Å²) in [4.78, 5) is 12.8. The molecular formula is C11H11ClFNO. The zero-order valence-electron chi connectivity index (χ0n) is 8.17. The molecule has 2 rings (SSSR count). The molecule has 0 radical (unpaired) electrons. The number of halogens is 2. The van der Waals surface area contributed by atoms with E-state index in [0.29, 0.717) is 11.6 Å². The van der Waals surface area contributed by atoms with Crippen LogP contribution in [0.4, 0.5) is 10.1 Å². The first-order valence-electron chi connectivity index (χ1n) is 4.87. The molecule has 1 heterocycles. The number of carbonyl (C=O) groups is 1. The van der Waals surface area contributed by atoms with Crippen LogP contribution in [0.3, 0.4) is 0 Å². The standard InChI is InChI=1S/C11H11ClFNO/c12-9-3-4-10-8(6-9)2-1-5-14(10)11(15)7-13/h3-4,6H,1-2,5,7H2. The molecule has 0 spiro atoms. The van der Waals surface area contributed by atoms with Crippen LogP contribution in [0.2, 0.25) is 5.02 Å². The fraction of sp³-hybridized carbons (Fsp3) is 0.364. The van der Waals surface area contributed by atoms with Crippen LogP contribution < -0.4 is 4.90 Å². The van der Waals surface area contributed by atoms with Gasteiger partial charge in [-0.25, -0.2) is 4.39 Å². The van der Waals surface area contributed by atoms with E-state index in [2.05, 4.69) is 0 Å². The second kappa shape index (κ2) is 4.19. The second-order valence-electron chi connectivity index (χ2n) is 3.56. The molecule has 15 heavy (non-hydrogen) atoms. The van der Waals surface area contributed by atoms with Crippen molar-refractivity contribution < 1.29 is 9.18 Å². The van der Waals surface area contributed by atoms with E-state index in [1.165, 1.54) is 4.90 Å². The largest absolute Gasteiger partial charge is 0.310 e. The van der Waals surface area contributed by atoms with Crippen molar-refractivity contribution in [3.05, 3.63) is 28.8 Å². The van der Waals surface area contributed by atoms with Gasteiger partial charge in [0.2, 0.25) is 0 Å². The third-order valence-corrected chi connectivity index (χ3v) is 2.81. The highest BCUT2D eigenvalue weighted by atomic mass is 35.5. The monoisotopic (exact) mass is 227 g/mol. The van der Waals surface area contributed by atoms with Crippen LogP contribution in [-0.4, -0.2) is 19.1 Å². The number of hydrogen-bond donors (Lipinski definition) is 0. The number of nitrogens with zero attached hydrogens (tertiary/aromatic N) is 1. The number of anilines is 1. The van der Waals surface area contributed by atoms with Crippen molar-refractivity contribution in [3.8, 4) is 0 Å². The minimum absolute atomic E-state index is 0.474. The minimum Gasteiger partial charge on any atom is -0.310 e. The number of benzene rings is 1. The zero-order chi connectivity index (χ0) is 10.8. The molecule has 0 atom stereocenters. The number of hydrogen-bond acceptors (Lipinski definition) is 1. The Balaban J connectivity index is 2.38. The molecule has 2 nitrogen and oxygen atoms in total. The summed E-state index contributed by atoms with van der Waals surface area (Å²) < 4.78 is 12.3. The predicted octanol–water partition coefficient (Wildman–Crippen LogP) is 2.59. The fourth-order valence-corrected chi connectivity index (χ4v) is 2.09. The van der Waals surface area contributed by atoms with E-state index in [4.69, 9.17) is 11.6 Å². The molecule has 0 fully saturated rings.